The minimum Gasteiger partial charge on any atom is -0.382 e. The first-order chi connectivity index (χ1) is 7.78. The zero-order valence-electron chi connectivity index (χ0n) is 9.88. The summed E-state index contributed by atoms with van der Waals surface area (Å²) < 4.78 is 1.31. The summed E-state index contributed by atoms with van der Waals surface area (Å²) in [4.78, 5) is 0. The van der Waals surface area contributed by atoms with Gasteiger partial charge in [-0.1, -0.05) is 19.4 Å². The first kappa shape index (κ1) is 12.2. The molecule has 0 aromatic heterocycles. The van der Waals surface area contributed by atoms with Crippen molar-refractivity contribution in [2.75, 3.05) is 5.32 Å². The molecule has 1 fully saturated rings. The number of rotatable bonds is 3. The molecule has 1 aliphatic carbocycles. The highest BCUT2D eigenvalue weighted by molar-refractivity contribution is 14.1. The van der Waals surface area contributed by atoms with Crippen LogP contribution >= 0.6 is 22.6 Å². The monoisotopic (exact) mass is 329 g/mol. The molecule has 0 atom stereocenters. The SMILES string of the molecule is CCC1CCC(Nc2cccc(I)c2)CC1. The second-order valence-electron chi connectivity index (χ2n) is 4.78. The third-order valence-electron chi connectivity index (χ3n) is 3.62. The van der Waals surface area contributed by atoms with Crippen molar-refractivity contribution in [1.82, 2.24) is 0 Å². The summed E-state index contributed by atoms with van der Waals surface area (Å²) >= 11 is 2.37. The van der Waals surface area contributed by atoms with Crippen molar-refractivity contribution >= 4 is 28.3 Å². The lowest BCUT2D eigenvalue weighted by Crippen LogP contribution is -2.25. The molecule has 1 nitrogen and oxygen atoms in total. The molecule has 1 aliphatic rings. The lowest BCUT2D eigenvalue weighted by atomic mass is 9.84. The summed E-state index contributed by atoms with van der Waals surface area (Å²) in [6, 6.07) is 9.36. The zero-order chi connectivity index (χ0) is 11.4. The van der Waals surface area contributed by atoms with Crippen LogP contribution in [0.3, 0.4) is 0 Å². The van der Waals surface area contributed by atoms with E-state index in [1.165, 1.54) is 41.4 Å². The van der Waals surface area contributed by atoms with E-state index >= 15 is 0 Å². The van der Waals surface area contributed by atoms with Gasteiger partial charge in [0.2, 0.25) is 0 Å². The van der Waals surface area contributed by atoms with Gasteiger partial charge in [-0.15, -0.1) is 0 Å². The second-order valence-corrected chi connectivity index (χ2v) is 6.03. The largest absolute Gasteiger partial charge is 0.382 e. The summed E-state index contributed by atoms with van der Waals surface area (Å²) in [5, 5.41) is 3.66. The van der Waals surface area contributed by atoms with Gasteiger partial charge < -0.3 is 5.32 Å². The van der Waals surface area contributed by atoms with Crippen LogP contribution in [0.1, 0.15) is 39.0 Å². The van der Waals surface area contributed by atoms with Crippen LogP contribution in [0.5, 0.6) is 0 Å². The fraction of sp³-hybridized carbons (Fsp3) is 0.571. The molecule has 1 aromatic carbocycles. The van der Waals surface area contributed by atoms with E-state index in [4.69, 9.17) is 0 Å². The highest BCUT2D eigenvalue weighted by Gasteiger charge is 2.19. The number of halogens is 1. The van der Waals surface area contributed by atoms with E-state index in [0.717, 1.165) is 5.92 Å². The first-order valence-corrected chi connectivity index (χ1v) is 7.38. The molecule has 1 saturated carbocycles. The van der Waals surface area contributed by atoms with Crippen molar-refractivity contribution in [3.05, 3.63) is 27.8 Å². The number of benzene rings is 1. The Morgan fingerprint density at radius 2 is 2.00 bits per heavy atom. The van der Waals surface area contributed by atoms with Crippen LogP contribution in [-0.2, 0) is 0 Å². The quantitative estimate of drug-likeness (QED) is 0.795. The van der Waals surface area contributed by atoms with E-state index in [-0.39, 0.29) is 0 Å². The van der Waals surface area contributed by atoms with Crippen LogP contribution < -0.4 is 5.32 Å². The Bertz CT molecular complexity index is 329. The first-order valence-electron chi connectivity index (χ1n) is 6.30. The number of hydrogen-bond donors (Lipinski definition) is 1. The fourth-order valence-corrected chi connectivity index (χ4v) is 3.07. The Labute approximate surface area is 112 Å². The van der Waals surface area contributed by atoms with Gasteiger partial charge in [-0.05, 0) is 72.4 Å². The normalized spacial score (nSPS) is 25.4. The molecule has 16 heavy (non-hydrogen) atoms. The van der Waals surface area contributed by atoms with Gasteiger partial charge in [0.05, 0.1) is 0 Å². The number of nitrogens with one attached hydrogen (secondary N) is 1. The molecular weight excluding hydrogens is 309 g/mol. The Hall–Kier alpha value is -0.250. The van der Waals surface area contributed by atoms with Crippen LogP contribution in [0, 0.1) is 9.49 Å². The number of hydrogen-bond acceptors (Lipinski definition) is 1. The van der Waals surface area contributed by atoms with Gasteiger partial charge in [-0.3, -0.25) is 0 Å². The topological polar surface area (TPSA) is 12.0 Å². The maximum absolute atomic E-state index is 3.66. The average molecular weight is 329 g/mol. The molecule has 2 rings (SSSR count). The Morgan fingerprint density at radius 3 is 2.62 bits per heavy atom. The molecule has 0 saturated heterocycles. The van der Waals surface area contributed by atoms with Crippen LogP contribution in [-0.4, -0.2) is 6.04 Å². The van der Waals surface area contributed by atoms with Crippen molar-refractivity contribution < 1.29 is 0 Å². The fourth-order valence-electron chi connectivity index (χ4n) is 2.53. The van der Waals surface area contributed by atoms with E-state index in [1.54, 1.807) is 0 Å². The van der Waals surface area contributed by atoms with E-state index < -0.39 is 0 Å². The molecule has 0 bridgehead atoms. The predicted molar refractivity (Wildman–Crippen MR) is 78.8 cm³/mol. The highest BCUT2D eigenvalue weighted by atomic mass is 127. The minimum absolute atomic E-state index is 0.695. The molecule has 2 heteroatoms. The van der Waals surface area contributed by atoms with Gasteiger partial charge in [0.15, 0.2) is 0 Å². The van der Waals surface area contributed by atoms with Crippen molar-refractivity contribution in [3.8, 4) is 0 Å². The molecule has 0 amide bonds. The molecule has 0 heterocycles. The standard InChI is InChI=1S/C14H20IN/c1-2-11-6-8-13(9-7-11)16-14-5-3-4-12(15)10-14/h3-5,10-11,13,16H,2,6-9H2,1H3. The summed E-state index contributed by atoms with van der Waals surface area (Å²) in [5.41, 5.74) is 1.28. The molecule has 0 unspecified atom stereocenters. The lowest BCUT2D eigenvalue weighted by molar-refractivity contribution is 0.330. The highest BCUT2D eigenvalue weighted by Crippen LogP contribution is 2.28. The number of anilines is 1. The summed E-state index contributed by atoms with van der Waals surface area (Å²) in [6.45, 7) is 2.32. The van der Waals surface area contributed by atoms with Crippen molar-refractivity contribution in [2.24, 2.45) is 5.92 Å². The van der Waals surface area contributed by atoms with Gasteiger partial charge in [0.1, 0.15) is 0 Å². The van der Waals surface area contributed by atoms with Gasteiger partial charge in [-0.2, -0.15) is 0 Å². The van der Waals surface area contributed by atoms with Crippen molar-refractivity contribution in [1.29, 1.82) is 0 Å². The molecule has 1 N–H and O–H groups in total. The average Bonchev–Trinajstić information content (AvgIpc) is 2.30. The van der Waals surface area contributed by atoms with Gasteiger partial charge in [0, 0.05) is 15.3 Å². The molecule has 88 valence electrons. The third-order valence-corrected chi connectivity index (χ3v) is 4.29. The van der Waals surface area contributed by atoms with E-state index in [2.05, 4.69) is 59.1 Å². The van der Waals surface area contributed by atoms with Gasteiger partial charge >= 0.3 is 0 Å². The summed E-state index contributed by atoms with van der Waals surface area (Å²) in [6.07, 6.45) is 6.83. The van der Waals surface area contributed by atoms with E-state index in [9.17, 15) is 0 Å². The van der Waals surface area contributed by atoms with Crippen LogP contribution in [0.4, 0.5) is 5.69 Å². The maximum atomic E-state index is 3.66. The van der Waals surface area contributed by atoms with Gasteiger partial charge in [0.25, 0.3) is 0 Å². The zero-order valence-corrected chi connectivity index (χ0v) is 12.0. The molecule has 0 spiro atoms. The molecule has 0 aliphatic heterocycles. The van der Waals surface area contributed by atoms with Crippen molar-refractivity contribution in [2.45, 2.75) is 45.1 Å². The van der Waals surface area contributed by atoms with Crippen LogP contribution in [0.2, 0.25) is 0 Å². The van der Waals surface area contributed by atoms with Crippen LogP contribution in [0.15, 0.2) is 24.3 Å². The third kappa shape index (κ3) is 3.37. The molecule has 1 aromatic rings. The Kier molecular flexibility index (Phi) is 4.50. The van der Waals surface area contributed by atoms with E-state index in [0.29, 0.717) is 6.04 Å². The summed E-state index contributed by atoms with van der Waals surface area (Å²) in [5.74, 6) is 0.981. The summed E-state index contributed by atoms with van der Waals surface area (Å²) in [7, 11) is 0. The Balaban J connectivity index is 1.87. The molecular formula is C14H20IN. The second kappa shape index (κ2) is 5.89. The maximum Gasteiger partial charge on any atom is 0.0352 e. The van der Waals surface area contributed by atoms with E-state index in [1.807, 2.05) is 0 Å². The molecule has 0 radical (unpaired) electrons. The van der Waals surface area contributed by atoms with Crippen molar-refractivity contribution in [3.63, 3.8) is 0 Å². The smallest absolute Gasteiger partial charge is 0.0352 e. The Morgan fingerprint density at radius 1 is 1.25 bits per heavy atom. The minimum atomic E-state index is 0.695. The van der Waals surface area contributed by atoms with Crippen LogP contribution in [0.25, 0.3) is 0 Å². The lowest BCUT2D eigenvalue weighted by Gasteiger charge is -2.29. The predicted octanol–water partition coefficient (Wildman–Crippen LogP) is 4.67. The van der Waals surface area contributed by atoms with Gasteiger partial charge in [-0.25, -0.2) is 0 Å².